The monoisotopic (exact) mass is 436 g/mol. The van der Waals surface area contributed by atoms with E-state index in [1.54, 1.807) is 13.3 Å². The number of aromatic nitrogens is 5. The van der Waals surface area contributed by atoms with Gasteiger partial charge in [0.15, 0.2) is 0 Å². The lowest BCUT2D eigenvalue weighted by Crippen LogP contribution is -2.29. The Balaban J connectivity index is 1.49. The van der Waals surface area contributed by atoms with Crippen molar-refractivity contribution in [3.8, 4) is 0 Å². The standard InChI is InChI=1S/C22H21ClN6O2/c1-31-9-8-29-21(17(23)12-24-29)11-20-15-4-2-3-5-16(15)22(30)28(20)13-14-6-7-18-19(10-14)26-27-25-18/h2-7,10,12,20H,8-9,11,13H2,1H3,(H,25,26,27). The van der Waals surface area contributed by atoms with Crippen molar-refractivity contribution in [1.29, 1.82) is 0 Å². The third kappa shape index (κ3) is 3.58. The van der Waals surface area contributed by atoms with Gasteiger partial charge in [0, 0.05) is 25.6 Å². The number of methoxy groups -OCH3 is 1. The summed E-state index contributed by atoms with van der Waals surface area (Å²) < 4.78 is 7.06. The van der Waals surface area contributed by atoms with E-state index >= 15 is 0 Å². The molecule has 1 aliphatic rings. The number of benzene rings is 2. The minimum absolute atomic E-state index is 0.0138. The molecule has 1 atom stereocenters. The summed E-state index contributed by atoms with van der Waals surface area (Å²) in [5, 5.41) is 15.9. The Labute approximate surface area is 183 Å². The molecule has 4 aromatic rings. The van der Waals surface area contributed by atoms with Gasteiger partial charge in [-0.2, -0.15) is 20.5 Å². The number of amides is 1. The van der Waals surface area contributed by atoms with Gasteiger partial charge in [-0.3, -0.25) is 9.48 Å². The van der Waals surface area contributed by atoms with Gasteiger partial charge >= 0.3 is 0 Å². The second-order valence-electron chi connectivity index (χ2n) is 7.54. The van der Waals surface area contributed by atoms with Crippen LogP contribution in [0.2, 0.25) is 5.02 Å². The number of carbonyl (C=O) groups excluding carboxylic acids is 1. The predicted molar refractivity (Wildman–Crippen MR) is 116 cm³/mol. The fraction of sp³-hybridized carbons (Fsp3) is 0.273. The van der Waals surface area contributed by atoms with Gasteiger partial charge in [-0.1, -0.05) is 35.9 Å². The lowest BCUT2D eigenvalue weighted by molar-refractivity contribution is 0.0707. The Kier molecular flexibility index (Phi) is 5.17. The Morgan fingerprint density at radius 3 is 2.87 bits per heavy atom. The highest BCUT2D eigenvalue weighted by Crippen LogP contribution is 2.38. The summed E-state index contributed by atoms with van der Waals surface area (Å²) in [6, 6.07) is 13.5. The van der Waals surface area contributed by atoms with E-state index in [-0.39, 0.29) is 11.9 Å². The fourth-order valence-electron chi connectivity index (χ4n) is 4.17. The molecule has 0 spiro atoms. The summed E-state index contributed by atoms with van der Waals surface area (Å²) >= 11 is 6.48. The number of H-pyrrole nitrogens is 1. The molecular weight excluding hydrogens is 416 g/mol. The van der Waals surface area contributed by atoms with Crippen molar-refractivity contribution < 1.29 is 9.53 Å². The van der Waals surface area contributed by atoms with E-state index in [4.69, 9.17) is 16.3 Å². The van der Waals surface area contributed by atoms with Crippen LogP contribution in [0.5, 0.6) is 0 Å². The van der Waals surface area contributed by atoms with Crippen molar-refractivity contribution in [2.45, 2.75) is 25.6 Å². The van der Waals surface area contributed by atoms with Gasteiger partial charge in [0.1, 0.15) is 11.0 Å². The van der Waals surface area contributed by atoms with E-state index in [2.05, 4.69) is 20.5 Å². The van der Waals surface area contributed by atoms with Crippen LogP contribution in [-0.2, 0) is 24.2 Å². The third-order valence-electron chi connectivity index (χ3n) is 5.71. The Bertz CT molecular complexity index is 1250. The number of ether oxygens (including phenoxy) is 1. The Morgan fingerprint density at radius 2 is 2.00 bits per heavy atom. The normalized spacial score (nSPS) is 15.7. The number of hydrogen-bond donors (Lipinski definition) is 1. The number of hydrogen-bond acceptors (Lipinski definition) is 5. The minimum atomic E-state index is -0.146. The van der Waals surface area contributed by atoms with Gasteiger partial charge in [0.25, 0.3) is 5.91 Å². The molecule has 31 heavy (non-hydrogen) atoms. The topological polar surface area (TPSA) is 88.9 Å². The van der Waals surface area contributed by atoms with E-state index in [9.17, 15) is 4.79 Å². The summed E-state index contributed by atoms with van der Waals surface area (Å²) in [5.41, 5.74) is 5.19. The summed E-state index contributed by atoms with van der Waals surface area (Å²) in [6.07, 6.45) is 2.22. The maximum absolute atomic E-state index is 13.3. The van der Waals surface area contributed by atoms with Gasteiger partial charge < -0.3 is 9.64 Å². The predicted octanol–water partition coefficient (Wildman–Crippen LogP) is 3.39. The fourth-order valence-corrected chi connectivity index (χ4v) is 4.39. The van der Waals surface area contributed by atoms with Gasteiger partial charge in [0.05, 0.1) is 36.1 Å². The summed E-state index contributed by atoms with van der Waals surface area (Å²) in [7, 11) is 1.66. The molecule has 0 saturated heterocycles. The van der Waals surface area contributed by atoms with E-state index in [0.717, 1.165) is 33.4 Å². The van der Waals surface area contributed by atoms with Gasteiger partial charge in [-0.25, -0.2) is 0 Å². The molecular formula is C22H21ClN6O2. The van der Waals surface area contributed by atoms with Crippen LogP contribution in [0.3, 0.4) is 0 Å². The van der Waals surface area contributed by atoms with Crippen LogP contribution in [0, 0.1) is 0 Å². The molecule has 0 radical (unpaired) electrons. The van der Waals surface area contributed by atoms with E-state index in [1.165, 1.54) is 0 Å². The van der Waals surface area contributed by atoms with E-state index in [1.807, 2.05) is 52.0 Å². The molecule has 3 heterocycles. The number of nitrogens with zero attached hydrogens (tertiary/aromatic N) is 5. The molecule has 2 aromatic heterocycles. The first-order valence-electron chi connectivity index (χ1n) is 10.0. The quantitative estimate of drug-likeness (QED) is 0.479. The second-order valence-corrected chi connectivity index (χ2v) is 7.95. The maximum Gasteiger partial charge on any atom is 0.255 e. The van der Waals surface area contributed by atoms with Crippen molar-refractivity contribution in [3.63, 3.8) is 0 Å². The van der Waals surface area contributed by atoms with Crippen molar-refractivity contribution in [1.82, 2.24) is 30.1 Å². The Morgan fingerprint density at radius 1 is 1.16 bits per heavy atom. The molecule has 1 amide bonds. The number of rotatable bonds is 7. The van der Waals surface area contributed by atoms with Crippen molar-refractivity contribution >= 4 is 28.5 Å². The first-order valence-corrected chi connectivity index (χ1v) is 10.4. The van der Waals surface area contributed by atoms with Crippen LogP contribution < -0.4 is 0 Å². The average molecular weight is 437 g/mol. The number of fused-ring (bicyclic) bond motifs is 2. The first-order chi connectivity index (χ1) is 15.2. The molecule has 5 rings (SSSR count). The molecule has 8 nitrogen and oxygen atoms in total. The zero-order valence-electron chi connectivity index (χ0n) is 17.0. The molecule has 1 unspecified atom stereocenters. The van der Waals surface area contributed by atoms with Gasteiger partial charge in [-0.05, 0) is 29.3 Å². The largest absolute Gasteiger partial charge is 0.383 e. The first kappa shape index (κ1) is 19.7. The number of carbonyl (C=O) groups is 1. The second kappa shape index (κ2) is 8.13. The minimum Gasteiger partial charge on any atom is -0.383 e. The lowest BCUT2D eigenvalue weighted by Gasteiger charge is -2.26. The molecule has 1 N–H and O–H groups in total. The summed E-state index contributed by atoms with van der Waals surface area (Å²) in [6.45, 7) is 1.60. The van der Waals surface area contributed by atoms with Gasteiger partial charge in [0.2, 0.25) is 0 Å². The third-order valence-corrected chi connectivity index (χ3v) is 6.03. The van der Waals surface area contributed by atoms with Crippen molar-refractivity contribution in [2.75, 3.05) is 13.7 Å². The molecule has 1 aliphatic heterocycles. The van der Waals surface area contributed by atoms with Crippen LogP contribution >= 0.6 is 11.6 Å². The highest BCUT2D eigenvalue weighted by atomic mass is 35.5. The molecule has 0 bridgehead atoms. The van der Waals surface area contributed by atoms with E-state index < -0.39 is 0 Å². The molecule has 9 heteroatoms. The number of aromatic amines is 1. The summed E-state index contributed by atoms with van der Waals surface area (Å²) in [4.78, 5) is 15.2. The van der Waals surface area contributed by atoms with Crippen LogP contribution in [0.1, 0.15) is 33.2 Å². The highest BCUT2D eigenvalue weighted by Gasteiger charge is 2.37. The molecule has 0 aliphatic carbocycles. The molecule has 158 valence electrons. The maximum atomic E-state index is 13.3. The molecule has 2 aromatic carbocycles. The molecule has 0 saturated carbocycles. The smallest absolute Gasteiger partial charge is 0.255 e. The van der Waals surface area contributed by atoms with E-state index in [0.29, 0.717) is 31.1 Å². The van der Waals surface area contributed by atoms with Gasteiger partial charge in [-0.15, -0.1) is 0 Å². The highest BCUT2D eigenvalue weighted by molar-refractivity contribution is 6.31. The summed E-state index contributed by atoms with van der Waals surface area (Å²) in [5.74, 6) is 0.0138. The van der Waals surface area contributed by atoms with Crippen molar-refractivity contribution in [3.05, 3.63) is 76.1 Å². The SMILES string of the molecule is COCCn1ncc(Cl)c1CC1c2ccccc2C(=O)N1Cc1ccc2n[nH]nc2c1. The van der Waals surface area contributed by atoms with Crippen molar-refractivity contribution in [2.24, 2.45) is 0 Å². The number of halogens is 1. The Hall–Kier alpha value is -3.23. The zero-order chi connectivity index (χ0) is 21.4. The zero-order valence-corrected chi connectivity index (χ0v) is 17.7. The average Bonchev–Trinajstić information content (AvgIpc) is 3.46. The van der Waals surface area contributed by atoms with Crippen LogP contribution in [0.15, 0.2) is 48.7 Å². The van der Waals surface area contributed by atoms with Crippen LogP contribution in [0.25, 0.3) is 11.0 Å². The lowest BCUT2D eigenvalue weighted by atomic mass is 10.0. The molecule has 0 fully saturated rings. The van der Waals surface area contributed by atoms with Crippen LogP contribution in [0.4, 0.5) is 0 Å². The number of nitrogens with one attached hydrogen (secondary N) is 1. The van der Waals surface area contributed by atoms with Crippen LogP contribution in [-0.4, -0.2) is 49.7 Å².